The van der Waals surface area contributed by atoms with Crippen LogP contribution >= 0.6 is 0 Å². The average Bonchev–Trinajstić information content (AvgIpc) is 2.71. The monoisotopic (exact) mass is 366 g/mol. The summed E-state index contributed by atoms with van der Waals surface area (Å²) in [6, 6.07) is 20.2. The second kappa shape index (κ2) is 11.1. The third kappa shape index (κ3) is 6.86. The van der Waals surface area contributed by atoms with Gasteiger partial charge in [-0.05, 0) is 36.6 Å². The van der Waals surface area contributed by atoms with Crippen LogP contribution in [0.1, 0.15) is 33.6 Å². The van der Waals surface area contributed by atoms with Crippen molar-refractivity contribution >= 4 is 5.69 Å². The van der Waals surface area contributed by atoms with Crippen molar-refractivity contribution in [2.75, 3.05) is 18.5 Å². The predicted octanol–water partition coefficient (Wildman–Crippen LogP) is 5.52. The number of nitriles is 1. The van der Waals surface area contributed by atoms with E-state index in [1.165, 1.54) is 0 Å². The Morgan fingerprint density at radius 2 is 1.74 bits per heavy atom. The molecule has 1 aliphatic rings. The highest BCUT2D eigenvalue weighted by Crippen LogP contribution is 2.30. The van der Waals surface area contributed by atoms with Gasteiger partial charge in [0.2, 0.25) is 0 Å². The van der Waals surface area contributed by atoms with Gasteiger partial charge in [-0.15, -0.1) is 0 Å². The molecule has 0 aliphatic carbocycles. The van der Waals surface area contributed by atoms with Gasteiger partial charge in [-0.1, -0.05) is 57.5 Å². The first-order valence-corrected chi connectivity index (χ1v) is 9.71. The molecule has 2 aromatic carbocycles. The molecule has 4 heteroatoms. The van der Waals surface area contributed by atoms with E-state index in [0.717, 1.165) is 36.6 Å². The molecule has 0 fully saturated rings. The Labute approximate surface area is 163 Å². The standard InChI is InChI=1S/C15H15NO2.C8H15N/c1-2-6-12(7-3-1)16-10-13-11-17-14-8-4-5-9-15(14)18-13;1-4-5-8(6-9)7(2)3/h1-9,13,16H,10-11H2;7-8H,4-5H2,1-3H3. The van der Waals surface area contributed by atoms with Crippen LogP contribution in [0, 0.1) is 23.2 Å². The van der Waals surface area contributed by atoms with E-state index < -0.39 is 0 Å². The average molecular weight is 367 g/mol. The number of nitrogens with one attached hydrogen (secondary N) is 1. The molecular weight excluding hydrogens is 336 g/mol. The van der Waals surface area contributed by atoms with Crippen LogP contribution in [0.5, 0.6) is 11.5 Å². The van der Waals surface area contributed by atoms with E-state index in [0.29, 0.717) is 12.5 Å². The molecule has 1 N–H and O–H groups in total. The summed E-state index contributed by atoms with van der Waals surface area (Å²) in [5.74, 6) is 2.45. The molecule has 144 valence electrons. The maximum atomic E-state index is 8.58. The van der Waals surface area contributed by atoms with Crippen LogP contribution in [0.3, 0.4) is 0 Å². The van der Waals surface area contributed by atoms with Gasteiger partial charge in [0.1, 0.15) is 12.7 Å². The molecule has 0 bridgehead atoms. The van der Waals surface area contributed by atoms with E-state index in [4.69, 9.17) is 14.7 Å². The highest BCUT2D eigenvalue weighted by molar-refractivity contribution is 5.43. The van der Waals surface area contributed by atoms with E-state index in [9.17, 15) is 0 Å². The molecule has 3 rings (SSSR count). The number of anilines is 1. The lowest BCUT2D eigenvalue weighted by Crippen LogP contribution is -2.35. The summed E-state index contributed by atoms with van der Waals surface area (Å²) in [6.45, 7) is 7.63. The van der Waals surface area contributed by atoms with Crippen molar-refractivity contribution in [2.45, 2.75) is 39.7 Å². The molecule has 0 aromatic heterocycles. The van der Waals surface area contributed by atoms with E-state index >= 15 is 0 Å². The molecule has 0 saturated carbocycles. The van der Waals surface area contributed by atoms with Gasteiger partial charge in [0.25, 0.3) is 0 Å². The van der Waals surface area contributed by atoms with E-state index in [-0.39, 0.29) is 12.0 Å². The maximum Gasteiger partial charge on any atom is 0.161 e. The quantitative estimate of drug-likeness (QED) is 0.731. The Hall–Kier alpha value is -2.67. The minimum atomic E-state index is 0.0418. The van der Waals surface area contributed by atoms with Crippen molar-refractivity contribution in [2.24, 2.45) is 11.8 Å². The maximum absolute atomic E-state index is 8.58. The van der Waals surface area contributed by atoms with Crippen molar-refractivity contribution in [1.82, 2.24) is 0 Å². The van der Waals surface area contributed by atoms with Gasteiger partial charge in [-0.25, -0.2) is 0 Å². The van der Waals surface area contributed by atoms with Crippen molar-refractivity contribution in [3.8, 4) is 17.6 Å². The SMILES string of the molecule is CCCC(C#N)C(C)C.c1ccc(NCC2COc3ccccc3O2)cc1. The van der Waals surface area contributed by atoms with Crippen molar-refractivity contribution < 1.29 is 9.47 Å². The van der Waals surface area contributed by atoms with E-state index in [1.807, 2.05) is 54.6 Å². The molecule has 0 saturated heterocycles. The fraction of sp³-hybridized carbons (Fsp3) is 0.435. The lowest BCUT2D eigenvalue weighted by molar-refractivity contribution is 0.0998. The predicted molar refractivity (Wildman–Crippen MR) is 110 cm³/mol. The normalized spacial score (nSPS) is 15.9. The summed E-state index contributed by atoms with van der Waals surface area (Å²) >= 11 is 0. The van der Waals surface area contributed by atoms with Gasteiger partial charge < -0.3 is 14.8 Å². The van der Waals surface area contributed by atoms with Crippen LogP contribution < -0.4 is 14.8 Å². The van der Waals surface area contributed by atoms with Gasteiger partial charge in [0.15, 0.2) is 11.5 Å². The van der Waals surface area contributed by atoms with Crippen molar-refractivity contribution in [3.05, 3.63) is 54.6 Å². The zero-order valence-electron chi connectivity index (χ0n) is 16.5. The molecule has 4 nitrogen and oxygen atoms in total. The number of para-hydroxylation sites is 3. The molecule has 2 atom stereocenters. The highest BCUT2D eigenvalue weighted by atomic mass is 16.6. The Kier molecular flexibility index (Phi) is 8.51. The minimum Gasteiger partial charge on any atom is -0.486 e. The van der Waals surface area contributed by atoms with Crippen LogP contribution in [0.2, 0.25) is 0 Å². The molecular formula is C23H30N2O2. The van der Waals surface area contributed by atoms with Crippen molar-refractivity contribution in [3.63, 3.8) is 0 Å². The Morgan fingerprint density at radius 1 is 1.07 bits per heavy atom. The summed E-state index contributed by atoms with van der Waals surface area (Å²) < 4.78 is 11.5. The number of hydrogen-bond acceptors (Lipinski definition) is 4. The van der Waals surface area contributed by atoms with Crippen LogP contribution in [0.4, 0.5) is 5.69 Å². The zero-order valence-corrected chi connectivity index (χ0v) is 16.5. The third-order valence-corrected chi connectivity index (χ3v) is 4.45. The third-order valence-electron chi connectivity index (χ3n) is 4.45. The second-order valence-electron chi connectivity index (χ2n) is 7.01. The highest BCUT2D eigenvalue weighted by Gasteiger charge is 2.19. The molecule has 0 radical (unpaired) electrons. The Balaban J connectivity index is 0.000000249. The fourth-order valence-corrected chi connectivity index (χ4v) is 2.81. The largest absolute Gasteiger partial charge is 0.486 e. The lowest BCUT2D eigenvalue weighted by Gasteiger charge is -2.26. The Bertz CT molecular complexity index is 710. The zero-order chi connectivity index (χ0) is 19.5. The van der Waals surface area contributed by atoms with Crippen LogP contribution in [-0.4, -0.2) is 19.3 Å². The summed E-state index contributed by atoms with van der Waals surface area (Å²) in [7, 11) is 0. The van der Waals surface area contributed by atoms with Gasteiger partial charge in [-0.2, -0.15) is 5.26 Å². The van der Waals surface area contributed by atoms with Gasteiger partial charge in [-0.3, -0.25) is 0 Å². The smallest absolute Gasteiger partial charge is 0.161 e. The lowest BCUT2D eigenvalue weighted by atomic mass is 9.93. The molecule has 2 unspecified atom stereocenters. The molecule has 1 aliphatic heterocycles. The first-order valence-electron chi connectivity index (χ1n) is 9.71. The first kappa shape index (κ1) is 20.6. The Morgan fingerprint density at radius 3 is 2.33 bits per heavy atom. The number of hydrogen-bond donors (Lipinski definition) is 1. The molecule has 0 amide bonds. The van der Waals surface area contributed by atoms with Gasteiger partial charge in [0.05, 0.1) is 12.6 Å². The number of rotatable bonds is 6. The summed E-state index contributed by atoms with van der Waals surface area (Å²) in [4.78, 5) is 0. The first-order chi connectivity index (χ1) is 13.1. The fourth-order valence-electron chi connectivity index (χ4n) is 2.81. The van der Waals surface area contributed by atoms with Crippen LogP contribution in [0.25, 0.3) is 0 Å². The molecule has 0 spiro atoms. The number of fused-ring (bicyclic) bond motifs is 1. The summed E-state index contributed by atoms with van der Waals surface area (Å²) in [5, 5.41) is 11.9. The second-order valence-corrected chi connectivity index (χ2v) is 7.01. The number of benzene rings is 2. The van der Waals surface area contributed by atoms with Gasteiger partial charge in [0, 0.05) is 11.6 Å². The number of ether oxygens (including phenoxy) is 2. The minimum absolute atomic E-state index is 0.0418. The summed E-state index contributed by atoms with van der Waals surface area (Å²) in [5.41, 5.74) is 1.10. The topological polar surface area (TPSA) is 54.3 Å². The van der Waals surface area contributed by atoms with Crippen LogP contribution in [-0.2, 0) is 0 Å². The van der Waals surface area contributed by atoms with E-state index in [1.54, 1.807) is 0 Å². The van der Waals surface area contributed by atoms with E-state index in [2.05, 4.69) is 32.2 Å². The molecule has 27 heavy (non-hydrogen) atoms. The summed E-state index contributed by atoms with van der Waals surface area (Å²) in [6.07, 6.45) is 2.21. The van der Waals surface area contributed by atoms with Crippen molar-refractivity contribution in [1.29, 1.82) is 5.26 Å². The number of nitrogens with zero attached hydrogens (tertiary/aromatic N) is 1. The van der Waals surface area contributed by atoms with Gasteiger partial charge >= 0.3 is 0 Å². The molecule has 2 aromatic rings. The molecule has 1 heterocycles. The van der Waals surface area contributed by atoms with Crippen LogP contribution in [0.15, 0.2) is 54.6 Å².